The monoisotopic (exact) mass is 316 g/mol. The third-order valence-corrected chi connectivity index (χ3v) is 4.51. The Kier molecular flexibility index (Phi) is 3.62. The molecule has 1 heterocycles. The van der Waals surface area contributed by atoms with Crippen LogP contribution in [-0.4, -0.2) is 13.4 Å². The summed E-state index contributed by atoms with van der Waals surface area (Å²) >= 11 is 0. The van der Waals surface area contributed by atoms with Crippen molar-refractivity contribution in [3.05, 3.63) is 59.5 Å². The summed E-state index contributed by atoms with van der Waals surface area (Å²) in [4.78, 5) is 4.18. The minimum Gasteiger partial charge on any atom is -0.441 e. The van der Waals surface area contributed by atoms with Crippen molar-refractivity contribution in [1.82, 2.24) is 4.98 Å². The lowest BCUT2D eigenvalue weighted by Gasteiger charge is -2.08. The van der Waals surface area contributed by atoms with Crippen molar-refractivity contribution in [2.75, 3.05) is 4.72 Å². The van der Waals surface area contributed by atoms with E-state index >= 15 is 0 Å². The number of aryl methyl sites for hydroxylation is 2. The van der Waals surface area contributed by atoms with Gasteiger partial charge in [0.05, 0.1) is 11.4 Å². The van der Waals surface area contributed by atoms with Crippen LogP contribution in [0.3, 0.4) is 0 Å². The number of aromatic nitrogens is 1. The minimum atomic E-state index is -3.47. The van der Waals surface area contributed by atoms with Gasteiger partial charge in [-0.05, 0) is 24.6 Å². The van der Waals surface area contributed by atoms with E-state index in [1.807, 2.05) is 31.2 Å². The Balaban J connectivity index is 1.81. The molecular formula is C16H16N2O3S. The number of rotatable bonds is 4. The normalized spacial score (nSPS) is 11.7. The van der Waals surface area contributed by atoms with E-state index in [4.69, 9.17) is 4.42 Å². The van der Waals surface area contributed by atoms with Gasteiger partial charge in [-0.1, -0.05) is 29.8 Å². The van der Waals surface area contributed by atoms with Crippen LogP contribution in [0, 0.1) is 13.8 Å². The first kappa shape index (κ1) is 14.6. The predicted octanol–water partition coefficient (Wildman–Crippen LogP) is 3.39. The molecule has 1 N–H and O–H groups in total. The molecule has 114 valence electrons. The molecule has 0 aliphatic rings. The zero-order valence-electron chi connectivity index (χ0n) is 12.3. The van der Waals surface area contributed by atoms with E-state index in [0.29, 0.717) is 22.7 Å². The maximum absolute atomic E-state index is 12.2. The fourth-order valence-electron chi connectivity index (χ4n) is 2.22. The Hall–Kier alpha value is -2.34. The van der Waals surface area contributed by atoms with Crippen molar-refractivity contribution >= 4 is 26.8 Å². The quantitative estimate of drug-likeness (QED) is 0.801. The van der Waals surface area contributed by atoms with Crippen LogP contribution < -0.4 is 4.72 Å². The molecule has 0 atom stereocenters. The SMILES string of the molecule is Cc1ccc(CS(=O)(=O)Nc2ccc3nc(C)oc3c2)cc1. The van der Waals surface area contributed by atoms with Crippen LogP contribution in [0.1, 0.15) is 17.0 Å². The standard InChI is InChI=1S/C16H16N2O3S/c1-11-3-5-13(6-4-11)10-22(19,20)18-14-7-8-15-16(9-14)21-12(2)17-15/h3-9,18H,10H2,1-2H3. The first-order valence-electron chi connectivity index (χ1n) is 6.84. The maximum atomic E-state index is 12.2. The first-order valence-corrected chi connectivity index (χ1v) is 8.50. The molecule has 1 aromatic heterocycles. The number of oxazole rings is 1. The van der Waals surface area contributed by atoms with Gasteiger partial charge in [-0.25, -0.2) is 13.4 Å². The van der Waals surface area contributed by atoms with E-state index in [1.165, 1.54) is 0 Å². The molecule has 0 fully saturated rings. The number of anilines is 1. The van der Waals surface area contributed by atoms with Gasteiger partial charge < -0.3 is 4.42 Å². The molecule has 0 saturated heterocycles. The van der Waals surface area contributed by atoms with E-state index in [9.17, 15) is 8.42 Å². The Morgan fingerprint density at radius 2 is 1.82 bits per heavy atom. The van der Waals surface area contributed by atoms with E-state index in [0.717, 1.165) is 11.1 Å². The lowest BCUT2D eigenvalue weighted by molar-refractivity contribution is 0.561. The average Bonchev–Trinajstić information content (AvgIpc) is 2.80. The second-order valence-electron chi connectivity index (χ2n) is 5.26. The Bertz CT molecular complexity index is 912. The summed E-state index contributed by atoms with van der Waals surface area (Å²) in [6.07, 6.45) is 0. The second-order valence-corrected chi connectivity index (χ2v) is 6.98. The van der Waals surface area contributed by atoms with E-state index < -0.39 is 10.0 Å². The van der Waals surface area contributed by atoms with Gasteiger partial charge >= 0.3 is 0 Å². The van der Waals surface area contributed by atoms with Gasteiger partial charge in [0, 0.05) is 13.0 Å². The maximum Gasteiger partial charge on any atom is 0.236 e. The highest BCUT2D eigenvalue weighted by molar-refractivity contribution is 7.91. The molecule has 0 amide bonds. The van der Waals surface area contributed by atoms with Crippen molar-refractivity contribution in [2.45, 2.75) is 19.6 Å². The third-order valence-electron chi connectivity index (χ3n) is 3.25. The molecule has 0 bridgehead atoms. The molecule has 22 heavy (non-hydrogen) atoms. The summed E-state index contributed by atoms with van der Waals surface area (Å²) in [5.74, 6) is 0.482. The van der Waals surface area contributed by atoms with Crippen molar-refractivity contribution in [1.29, 1.82) is 0 Å². The fourth-order valence-corrected chi connectivity index (χ4v) is 3.41. The number of nitrogens with zero attached hydrogens (tertiary/aromatic N) is 1. The van der Waals surface area contributed by atoms with Crippen molar-refractivity contribution < 1.29 is 12.8 Å². The highest BCUT2D eigenvalue weighted by Crippen LogP contribution is 2.21. The van der Waals surface area contributed by atoms with Crippen LogP contribution in [0.4, 0.5) is 5.69 Å². The summed E-state index contributed by atoms with van der Waals surface area (Å²) < 4.78 is 32.5. The zero-order valence-corrected chi connectivity index (χ0v) is 13.1. The van der Waals surface area contributed by atoms with Crippen LogP contribution in [0.15, 0.2) is 46.9 Å². The molecule has 5 nitrogen and oxygen atoms in total. The molecular weight excluding hydrogens is 300 g/mol. The summed E-state index contributed by atoms with van der Waals surface area (Å²) in [7, 11) is -3.47. The fraction of sp³-hybridized carbons (Fsp3) is 0.188. The lowest BCUT2D eigenvalue weighted by atomic mass is 10.2. The van der Waals surface area contributed by atoms with Crippen LogP contribution >= 0.6 is 0 Å². The van der Waals surface area contributed by atoms with E-state index in [1.54, 1.807) is 25.1 Å². The third kappa shape index (κ3) is 3.28. The van der Waals surface area contributed by atoms with E-state index in [2.05, 4.69) is 9.71 Å². The zero-order chi connectivity index (χ0) is 15.7. The molecule has 3 rings (SSSR count). The first-order chi connectivity index (χ1) is 10.4. The molecule has 0 unspecified atom stereocenters. The minimum absolute atomic E-state index is 0.0687. The highest BCUT2D eigenvalue weighted by atomic mass is 32.2. The number of fused-ring (bicyclic) bond motifs is 1. The number of sulfonamides is 1. The number of hydrogen-bond acceptors (Lipinski definition) is 4. The van der Waals surface area contributed by atoms with E-state index in [-0.39, 0.29) is 5.75 Å². The second kappa shape index (κ2) is 5.46. The highest BCUT2D eigenvalue weighted by Gasteiger charge is 2.13. The van der Waals surface area contributed by atoms with Crippen LogP contribution in [0.25, 0.3) is 11.1 Å². The Labute approximate surface area is 129 Å². The summed E-state index contributed by atoms with van der Waals surface area (Å²) in [6.45, 7) is 3.71. The van der Waals surface area contributed by atoms with Crippen LogP contribution in [-0.2, 0) is 15.8 Å². The summed E-state index contributed by atoms with van der Waals surface area (Å²) in [5, 5.41) is 0. The van der Waals surface area contributed by atoms with Gasteiger partial charge in [-0.2, -0.15) is 0 Å². The largest absolute Gasteiger partial charge is 0.441 e. The molecule has 0 saturated carbocycles. The van der Waals surface area contributed by atoms with Crippen LogP contribution in [0.5, 0.6) is 0 Å². The van der Waals surface area contributed by atoms with Gasteiger partial charge in [0.1, 0.15) is 5.52 Å². The molecule has 0 radical (unpaired) electrons. The Morgan fingerprint density at radius 3 is 2.55 bits per heavy atom. The van der Waals surface area contributed by atoms with Crippen molar-refractivity contribution in [3.63, 3.8) is 0 Å². The van der Waals surface area contributed by atoms with Crippen molar-refractivity contribution in [2.24, 2.45) is 0 Å². The number of hydrogen-bond donors (Lipinski definition) is 1. The van der Waals surface area contributed by atoms with Crippen LogP contribution in [0.2, 0.25) is 0 Å². The smallest absolute Gasteiger partial charge is 0.236 e. The molecule has 0 aliphatic heterocycles. The molecule has 0 spiro atoms. The molecule has 2 aromatic carbocycles. The molecule has 6 heteroatoms. The molecule has 0 aliphatic carbocycles. The van der Waals surface area contributed by atoms with Gasteiger partial charge in [0.2, 0.25) is 10.0 Å². The molecule has 3 aromatic rings. The predicted molar refractivity (Wildman–Crippen MR) is 86.2 cm³/mol. The average molecular weight is 316 g/mol. The summed E-state index contributed by atoms with van der Waals surface area (Å²) in [5.41, 5.74) is 3.58. The number of nitrogens with one attached hydrogen (secondary N) is 1. The van der Waals surface area contributed by atoms with Gasteiger partial charge in [0.15, 0.2) is 11.5 Å². The van der Waals surface area contributed by atoms with Gasteiger partial charge in [-0.3, -0.25) is 4.72 Å². The van der Waals surface area contributed by atoms with Gasteiger partial charge in [-0.15, -0.1) is 0 Å². The number of benzene rings is 2. The van der Waals surface area contributed by atoms with Crippen molar-refractivity contribution in [3.8, 4) is 0 Å². The Morgan fingerprint density at radius 1 is 1.09 bits per heavy atom. The summed E-state index contributed by atoms with van der Waals surface area (Å²) in [6, 6.07) is 12.5. The van der Waals surface area contributed by atoms with Gasteiger partial charge in [0.25, 0.3) is 0 Å². The topological polar surface area (TPSA) is 72.2 Å². The lowest BCUT2D eigenvalue weighted by Crippen LogP contribution is -2.15.